The van der Waals surface area contributed by atoms with Crippen LogP contribution < -0.4 is 11.1 Å². The molecule has 0 amide bonds. The van der Waals surface area contributed by atoms with E-state index < -0.39 is 11.6 Å². The van der Waals surface area contributed by atoms with Crippen molar-refractivity contribution in [3.05, 3.63) is 0 Å². The topological polar surface area (TPSA) is 68.9 Å². The lowest BCUT2D eigenvalue weighted by molar-refractivity contribution is -0.669. The highest BCUT2D eigenvalue weighted by molar-refractivity contribution is 5.76. The van der Waals surface area contributed by atoms with E-state index in [4.69, 9.17) is 10.5 Å². The Morgan fingerprint density at radius 3 is 2.67 bits per heavy atom. The first kappa shape index (κ1) is 12.5. The molecule has 1 heterocycles. The average Bonchev–Trinajstić information content (AvgIpc) is 2.15. The van der Waals surface area contributed by atoms with E-state index in [1.807, 2.05) is 20.8 Å². The predicted molar refractivity (Wildman–Crippen MR) is 58.2 cm³/mol. The van der Waals surface area contributed by atoms with Gasteiger partial charge in [-0.05, 0) is 33.6 Å². The molecule has 0 aromatic carbocycles. The molecule has 1 fully saturated rings. The SMILES string of the molecule is CC(C)(C)OC(=O)[C@H](N)[C@@H]1CCC[NH2+]C1. The van der Waals surface area contributed by atoms with Crippen molar-refractivity contribution in [3.63, 3.8) is 0 Å². The van der Waals surface area contributed by atoms with Crippen LogP contribution in [0.15, 0.2) is 0 Å². The molecule has 1 aliphatic rings. The van der Waals surface area contributed by atoms with Crippen LogP contribution in [0.2, 0.25) is 0 Å². The predicted octanol–water partition coefficient (Wildman–Crippen LogP) is -0.371. The molecule has 2 atom stereocenters. The molecule has 4 nitrogen and oxygen atoms in total. The number of esters is 1. The van der Waals surface area contributed by atoms with Crippen molar-refractivity contribution in [1.82, 2.24) is 0 Å². The zero-order chi connectivity index (χ0) is 11.5. The second kappa shape index (κ2) is 4.94. The Bertz CT molecular complexity index is 217. The van der Waals surface area contributed by atoms with Crippen LogP contribution in [-0.2, 0) is 9.53 Å². The van der Waals surface area contributed by atoms with Gasteiger partial charge >= 0.3 is 5.97 Å². The van der Waals surface area contributed by atoms with Gasteiger partial charge in [0.25, 0.3) is 0 Å². The molecule has 0 aromatic rings. The van der Waals surface area contributed by atoms with E-state index in [0.29, 0.717) is 0 Å². The first-order valence-corrected chi connectivity index (χ1v) is 5.70. The molecule has 1 saturated heterocycles. The van der Waals surface area contributed by atoms with E-state index >= 15 is 0 Å². The Morgan fingerprint density at radius 2 is 2.20 bits per heavy atom. The average molecular weight is 215 g/mol. The molecule has 15 heavy (non-hydrogen) atoms. The highest BCUT2D eigenvalue weighted by Crippen LogP contribution is 2.15. The second-order valence-electron chi connectivity index (χ2n) is 5.27. The normalized spacial score (nSPS) is 24.7. The second-order valence-corrected chi connectivity index (χ2v) is 5.27. The van der Waals surface area contributed by atoms with Crippen LogP contribution in [0.3, 0.4) is 0 Å². The number of carbonyl (C=O) groups is 1. The number of ether oxygens (including phenoxy) is 1. The van der Waals surface area contributed by atoms with Gasteiger partial charge in [-0.15, -0.1) is 0 Å². The molecule has 0 saturated carbocycles. The van der Waals surface area contributed by atoms with Crippen molar-refractivity contribution in [1.29, 1.82) is 0 Å². The number of rotatable bonds is 2. The summed E-state index contributed by atoms with van der Waals surface area (Å²) >= 11 is 0. The lowest BCUT2D eigenvalue weighted by Crippen LogP contribution is -2.88. The fraction of sp³-hybridized carbons (Fsp3) is 0.909. The monoisotopic (exact) mass is 215 g/mol. The fourth-order valence-corrected chi connectivity index (χ4v) is 1.86. The zero-order valence-electron chi connectivity index (χ0n) is 9.95. The summed E-state index contributed by atoms with van der Waals surface area (Å²) in [5, 5.41) is 2.22. The largest absolute Gasteiger partial charge is 0.459 e. The van der Waals surface area contributed by atoms with Crippen LogP contribution in [0.4, 0.5) is 0 Å². The van der Waals surface area contributed by atoms with Gasteiger partial charge in [-0.1, -0.05) is 0 Å². The molecule has 0 aliphatic carbocycles. The molecule has 0 spiro atoms. The van der Waals surface area contributed by atoms with Gasteiger partial charge in [0.15, 0.2) is 0 Å². The minimum Gasteiger partial charge on any atom is -0.459 e. The standard InChI is InChI=1S/C11H22N2O2/c1-11(2,3)15-10(14)9(12)8-5-4-6-13-7-8/h8-9,13H,4-7,12H2,1-3H3/p+1/t8-,9-/m1/s1. The van der Waals surface area contributed by atoms with Crippen molar-refractivity contribution in [3.8, 4) is 0 Å². The Morgan fingerprint density at radius 1 is 1.53 bits per heavy atom. The molecule has 1 aliphatic heterocycles. The molecule has 0 aromatic heterocycles. The maximum atomic E-state index is 11.7. The summed E-state index contributed by atoms with van der Waals surface area (Å²) in [6, 6.07) is -0.458. The van der Waals surface area contributed by atoms with Crippen molar-refractivity contribution in [2.45, 2.75) is 45.3 Å². The first-order valence-electron chi connectivity index (χ1n) is 5.70. The number of piperidine rings is 1. The third kappa shape index (κ3) is 4.18. The number of quaternary nitrogens is 1. The van der Waals surface area contributed by atoms with Crippen molar-refractivity contribution in [2.24, 2.45) is 11.7 Å². The minimum absolute atomic E-state index is 0.261. The van der Waals surface area contributed by atoms with Gasteiger partial charge in [0.1, 0.15) is 11.6 Å². The molecule has 0 unspecified atom stereocenters. The van der Waals surface area contributed by atoms with Crippen LogP contribution in [0, 0.1) is 5.92 Å². The van der Waals surface area contributed by atoms with E-state index in [2.05, 4.69) is 5.32 Å². The van der Waals surface area contributed by atoms with Crippen LogP contribution in [0.25, 0.3) is 0 Å². The van der Waals surface area contributed by atoms with Gasteiger partial charge in [0, 0.05) is 5.92 Å². The van der Waals surface area contributed by atoms with Gasteiger partial charge in [0.2, 0.25) is 0 Å². The molecule has 4 N–H and O–H groups in total. The Hall–Kier alpha value is -0.610. The summed E-state index contributed by atoms with van der Waals surface area (Å²) in [6.07, 6.45) is 2.18. The van der Waals surface area contributed by atoms with Gasteiger partial charge in [-0.25, -0.2) is 0 Å². The van der Waals surface area contributed by atoms with Crippen molar-refractivity contribution >= 4 is 5.97 Å². The summed E-state index contributed by atoms with van der Waals surface area (Å²) in [6.45, 7) is 7.69. The summed E-state index contributed by atoms with van der Waals surface area (Å²) in [5.41, 5.74) is 5.47. The molecular weight excluding hydrogens is 192 g/mol. The van der Waals surface area contributed by atoms with E-state index in [0.717, 1.165) is 25.9 Å². The van der Waals surface area contributed by atoms with Gasteiger partial charge in [0.05, 0.1) is 13.1 Å². The summed E-state index contributed by atoms with van der Waals surface area (Å²) < 4.78 is 5.27. The third-order valence-electron chi connectivity index (χ3n) is 2.64. The van der Waals surface area contributed by atoms with E-state index in [1.54, 1.807) is 0 Å². The van der Waals surface area contributed by atoms with Crippen LogP contribution in [0.5, 0.6) is 0 Å². The Kier molecular flexibility index (Phi) is 4.11. The molecule has 88 valence electrons. The highest BCUT2D eigenvalue weighted by Gasteiger charge is 2.31. The van der Waals surface area contributed by atoms with Gasteiger partial charge in [-0.2, -0.15) is 0 Å². The van der Waals surface area contributed by atoms with E-state index in [-0.39, 0.29) is 11.9 Å². The highest BCUT2D eigenvalue weighted by atomic mass is 16.6. The Balaban J connectivity index is 2.44. The summed E-state index contributed by atoms with van der Waals surface area (Å²) in [5.74, 6) is 0.0106. The quantitative estimate of drug-likeness (QED) is 0.617. The van der Waals surface area contributed by atoms with E-state index in [1.165, 1.54) is 0 Å². The summed E-state index contributed by atoms with van der Waals surface area (Å²) in [4.78, 5) is 11.7. The number of hydrogen-bond donors (Lipinski definition) is 2. The molecule has 4 heteroatoms. The van der Waals surface area contributed by atoms with Gasteiger partial charge < -0.3 is 15.8 Å². The molecule has 0 bridgehead atoms. The van der Waals surface area contributed by atoms with Crippen LogP contribution >= 0.6 is 0 Å². The van der Waals surface area contributed by atoms with Crippen LogP contribution in [-0.4, -0.2) is 30.7 Å². The zero-order valence-corrected chi connectivity index (χ0v) is 9.95. The lowest BCUT2D eigenvalue weighted by Gasteiger charge is -2.27. The molecule has 0 radical (unpaired) electrons. The first-order chi connectivity index (χ1) is 6.90. The summed E-state index contributed by atoms with van der Waals surface area (Å²) in [7, 11) is 0. The fourth-order valence-electron chi connectivity index (χ4n) is 1.86. The number of carbonyl (C=O) groups excluding carboxylic acids is 1. The third-order valence-corrected chi connectivity index (χ3v) is 2.64. The van der Waals surface area contributed by atoms with Gasteiger partial charge in [-0.3, -0.25) is 4.79 Å². The smallest absolute Gasteiger partial charge is 0.323 e. The number of hydrogen-bond acceptors (Lipinski definition) is 3. The maximum absolute atomic E-state index is 11.7. The Labute approximate surface area is 91.5 Å². The van der Waals surface area contributed by atoms with Crippen LogP contribution in [0.1, 0.15) is 33.6 Å². The minimum atomic E-state index is -0.458. The van der Waals surface area contributed by atoms with Crippen molar-refractivity contribution in [2.75, 3.05) is 13.1 Å². The van der Waals surface area contributed by atoms with E-state index in [9.17, 15) is 4.79 Å². The molecule has 1 rings (SSSR count). The number of nitrogens with two attached hydrogens (primary N) is 2. The lowest BCUT2D eigenvalue weighted by atomic mass is 9.92. The molecular formula is C11H23N2O2+. The van der Waals surface area contributed by atoms with Crippen molar-refractivity contribution < 1.29 is 14.8 Å². The maximum Gasteiger partial charge on any atom is 0.323 e.